The fraction of sp³-hybridized carbons (Fsp3) is 0.917. The molecule has 2 atom stereocenters. The highest BCUT2D eigenvalue weighted by Crippen LogP contribution is 2.22. The summed E-state index contributed by atoms with van der Waals surface area (Å²) in [6.45, 7) is 8.39. The van der Waals surface area contributed by atoms with Crippen LogP contribution in [0.15, 0.2) is 0 Å². The Morgan fingerprint density at radius 2 is 2.25 bits per heavy atom. The molecule has 2 saturated heterocycles. The number of urea groups is 1. The molecule has 0 aliphatic carbocycles. The average molecular weight is 225 g/mol. The Kier molecular flexibility index (Phi) is 3.38. The molecule has 2 unspecified atom stereocenters. The van der Waals surface area contributed by atoms with Gasteiger partial charge in [0.15, 0.2) is 0 Å². The average Bonchev–Trinajstić information content (AvgIpc) is 2.82. The van der Waals surface area contributed by atoms with Crippen molar-refractivity contribution < 1.29 is 4.79 Å². The van der Waals surface area contributed by atoms with Crippen LogP contribution in [0.5, 0.6) is 0 Å². The highest BCUT2D eigenvalue weighted by atomic mass is 16.2. The van der Waals surface area contributed by atoms with E-state index in [0.717, 1.165) is 26.2 Å². The van der Waals surface area contributed by atoms with E-state index >= 15 is 0 Å². The third-order valence-corrected chi connectivity index (χ3v) is 3.89. The van der Waals surface area contributed by atoms with Crippen LogP contribution in [0.25, 0.3) is 0 Å². The minimum atomic E-state index is 0.214. The van der Waals surface area contributed by atoms with Crippen molar-refractivity contribution in [1.29, 1.82) is 0 Å². The maximum absolute atomic E-state index is 12.0. The molecule has 2 heterocycles. The molecule has 2 aliphatic rings. The van der Waals surface area contributed by atoms with Gasteiger partial charge in [-0.3, -0.25) is 0 Å². The highest BCUT2D eigenvalue weighted by molar-refractivity contribution is 5.76. The number of amides is 2. The molecule has 92 valence electrons. The summed E-state index contributed by atoms with van der Waals surface area (Å²) in [5.74, 6) is 1.20. The van der Waals surface area contributed by atoms with E-state index < -0.39 is 0 Å². The summed E-state index contributed by atoms with van der Waals surface area (Å²) >= 11 is 0. The van der Waals surface area contributed by atoms with Gasteiger partial charge in [-0.05, 0) is 31.3 Å². The number of hydrogen-bond acceptors (Lipinski definition) is 2. The van der Waals surface area contributed by atoms with Crippen LogP contribution < -0.4 is 5.32 Å². The van der Waals surface area contributed by atoms with Crippen LogP contribution in [0.1, 0.15) is 20.3 Å². The maximum atomic E-state index is 12.0. The first kappa shape index (κ1) is 11.7. The molecule has 2 fully saturated rings. The molecule has 0 aromatic heterocycles. The van der Waals surface area contributed by atoms with Crippen molar-refractivity contribution in [1.82, 2.24) is 15.1 Å². The van der Waals surface area contributed by atoms with Gasteiger partial charge in [0, 0.05) is 20.1 Å². The summed E-state index contributed by atoms with van der Waals surface area (Å²) in [6.07, 6.45) is 1.21. The monoisotopic (exact) mass is 225 g/mol. The van der Waals surface area contributed by atoms with Crippen LogP contribution in [0.3, 0.4) is 0 Å². The maximum Gasteiger partial charge on any atom is 0.320 e. The van der Waals surface area contributed by atoms with Crippen LogP contribution in [-0.2, 0) is 0 Å². The molecule has 0 spiro atoms. The third-order valence-electron chi connectivity index (χ3n) is 3.89. The molecule has 2 rings (SSSR count). The minimum Gasteiger partial charge on any atom is -0.323 e. The normalized spacial score (nSPS) is 30.9. The van der Waals surface area contributed by atoms with Crippen LogP contribution >= 0.6 is 0 Å². The van der Waals surface area contributed by atoms with Gasteiger partial charge in [0.25, 0.3) is 0 Å². The van der Waals surface area contributed by atoms with Crippen molar-refractivity contribution in [3.63, 3.8) is 0 Å². The van der Waals surface area contributed by atoms with E-state index in [1.807, 2.05) is 16.8 Å². The van der Waals surface area contributed by atoms with E-state index in [-0.39, 0.29) is 6.03 Å². The molecule has 1 N–H and O–H groups in total. The zero-order valence-electron chi connectivity index (χ0n) is 10.6. The van der Waals surface area contributed by atoms with Gasteiger partial charge >= 0.3 is 6.03 Å². The molecular weight excluding hydrogens is 202 g/mol. The second-order valence-corrected chi connectivity index (χ2v) is 5.47. The Hall–Kier alpha value is -0.770. The SMILES string of the molecule is CC(C)C1CN(CC2CCNC2)C(=O)N1C. The zero-order valence-corrected chi connectivity index (χ0v) is 10.6. The molecular formula is C12H23N3O. The van der Waals surface area contributed by atoms with Gasteiger partial charge in [0.1, 0.15) is 0 Å². The van der Waals surface area contributed by atoms with Crippen molar-refractivity contribution >= 4 is 6.03 Å². The first-order chi connectivity index (χ1) is 7.59. The van der Waals surface area contributed by atoms with Gasteiger partial charge in [-0.25, -0.2) is 4.79 Å². The number of rotatable bonds is 3. The van der Waals surface area contributed by atoms with E-state index in [0.29, 0.717) is 17.9 Å². The number of hydrogen-bond donors (Lipinski definition) is 1. The lowest BCUT2D eigenvalue weighted by Crippen LogP contribution is -2.35. The number of carbonyl (C=O) groups is 1. The third kappa shape index (κ3) is 2.17. The van der Waals surface area contributed by atoms with Crippen LogP contribution in [0.2, 0.25) is 0 Å². The smallest absolute Gasteiger partial charge is 0.320 e. The van der Waals surface area contributed by atoms with Gasteiger partial charge in [-0.2, -0.15) is 0 Å². The summed E-state index contributed by atoms with van der Waals surface area (Å²) in [7, 11) is 1.93. The molecule has 0 aromatic rings. The first-order valence-corrected chi connectivity index (χ1v) is 6.32. The quantitative estimate of drug-likeness (QED) is 0.777. The van der Waals surface area contributed by atoms with Crippen molar-refractivity contribution in [3.8, 4) is 0 Å². The number of likely N-dealkylation sites (N-methyl/N-ethyl adjacent to an activating group) is 1. The summed E-state index contributed by atoms with van der Waals surface area (Å²) < 4.78 is 0. The number of nitrogens with one attached hydrogen (secondary N) is 1. The summed E-state index contributed by atoms with van der Waals surface area (Å²) in [5.41, 5.74) is 0. The van der Waals surface area contributed by atoms with Crippen molar-refractivity contribution in [2.24, 2.45) is 11.8 Å². The van der Waals surface area contributed by atoms with Gasteiger partial charge in [-0.15, -0.1) is 0 Å². The van der Waals surface area contributed by atoms with Crippen molar-refractivity contribution in [2.45, 2.75) is 26.3 Å². The summed E-state index contributed by atoms with van der Waals surface area (Å²) in [4.78, 5) is 16.0. The highest BCUT2D eigenvalue weighted by Gasteiger charge is 2.37. The largest absolute Gasteiger partial charge is 0.323 e. The second kappa shape index (κ2) is 4.62. The molecule has 2 aliphatic heterocycles. The Bertz CT molecular complexity index is 259. The molecule has 4 heteroatoms. The Balaban J connectivity index is 1.93. The number of carbonyl (C=O) groups excluding carboxylic acids is 1. The van der Waals surface area contributed by atoms with Crippen LogP contribution in [-0.4, -0.2) is 55.1 Å². The van der Waals surface area contributed by atoms with E-state index in [4.69, 9.17) is 0 Å². The van der Waals surface area contributed by atoms with Gasteiger partial charge in [0.2, 0.25) is 0 Å². The lowest BCUT2D eigenvalue weighted by Gasteiger charge is -2.20. The molecule has 4 nitrogen and oxygen atoms in total. The predicted octanol–water partition coefficient (Wildman–Crippen LogP) is 0.988. The minimum absolute atomic E-state index is 0.214. The molecule has 0 radical (unpaired) electrons. The zero-order chi connectivity index (χ0) is 11.7. The fourth-order valence-electron chi connectivity index (χ4n) is 2.78. The van der Waals surface area contributed by atoms with Gasteiger partial charge < -0.3 is 15.1 Å². The lowest BCUT2D eigenvalue weighted by atomic mass is 10.0. The standard InChI is InChI=1S/C12H23N3O/c1-9(2)11-8-15(12(16)14(11)3)7-10-4-5-13-6-10/h9-11,13H,4-8H2,1-3H3. The number of nitrogens with zero attached hydrogens (tertiary/aromatic N) is 2. The Morgan fingerprint density at radius 3 is 2.75 bits per heavy atom. The van der Waals surface area contributed by atoms with E-state index in [1.165, 1.54) is 6.42 Å². The molecule has 16 heavy (non-hydrogen) atoms. The molecule has 0 aromatic carbocycles. The van der Waals surface area contributed by atoms with Crippen LogP contribution in [0, 0.1) is 11.8 Å². The molecule has 2 amide bonds. The van der Waals surface area contributed by atoms with E-state index in [2.05, 4.69) is 19.2 Å². The van der Waals surface area contributed by atoms with Gasteiger partial charge in [-0.1, -0.05) is 13.8 Å². The molecule has 0 bridgehead atoms. The van der Waals surface area contributed by atoms with Crippen molar-refractivity contribution in [3.05, 3.63) is 0 Å². The van der Waals surface area contributed by atoms with Gasteiger partial charge in [0.05, 0.1) is 6.04 Å². The second-order valence-electron chi connectivity index (χ2n) is 5.47. The van der Waals surface area contributed by atoms with Crippen LogP contribution in [0.4, 0.5) is 4.79 Å². The van der Waals surface area contributed by atoms with Crippen molar-refractivity contribution in [2.75, 3.05) is 33.2 Å². The Morgan fingerprint density at radius 1 is 1.50 bits per heavy atom. The Labute approximate surface area is 98.0 Å². The summed E-state index contributed by atoms with van der Waals surface area (Å²) in [5, 5.41) is 3.35. The topological polar surface area (TPSA) is 35.6 Å². The predicted molar refractivity (Wildman–Crippen MR) is 64.3 cm³/mol. The van der Waals surface area contributed by atoms with E-state index in [9.17, 15) is 4.79 Å². The molecule has 0 saturated carbocycles. The summed E-state index contributed by atoms with van der Waals surface area (Å²) in [6, 6.07) is 0.604. The lowest BCUT2D eigenvalue weighted by molar-refractivity contribution is 0.188. The van der Waals surface area contributed by atoms with E-state index in [1.54, 1.807) is 0 Å². The fourth-order valence-corrected chi connectivity index (χ4v) is 2.78. The first-order valence-electron chi connectivity index (χ1n) is 6.32.